The van der Waals surface area contributed by atoms with Crippen LogP contribution in [0.2, 0.25) is 5.02 Å². The Balaban J connectivity index is 1.96. The summed E-state index contributed by atoms with van der Waals surface area (Å²) >= 11 is 6.30. The lowest BCUT2D eigenvalue weighted by atomic mass is 9.84. The van der Waals surface area contributed by atoms with Crippen molar-refractivity contribution in [3.63, 3.8) is 0 Å². The number of phenolic OH excluding ortho intramolecular Hbond substituents is 2. The number of nitrogens with one attached hydrogen (secondary N) is 1. The van der Waals surface area contributed by atoms with Crippen molar-refractivity contribution in [3.05, 3.63) is 58.6 Å². The molecule has 3 rings (SSSR count). The molecule has 1 aliphatic heterocycles. The summed E-state index contributed by atoms with van der Waals surface area (Å²) in [5.74, 6) is 0.343. The van der Waals surface area contributed by atoms with Crippen molar-refractivity contribution in [2.24, 2.45) is 0 Å². The molecular weight excluding hydrogens is 274 g/mol. The Morgan fingerprint density at radius 1 is 0.950 bits per heavy atom. The molecule has 2 aromatic rings. The van der Waals surface area contributed by atoms with Crippen LogP contribution in [-0.4, -0.2) is 23.3 Å². The predicted molar refractivity (Wildman–Crippen MR) is 79.6 cm³/mol. The van der Waals surface area contributed by atoms with Gasteiger partial charge in [0, 0.05) is 29.9 Å². The minimum atomic E-state index is -0.0889. The van der Waals surface area contributed by atoms with Gasteiger partial charge < -0.3 is 15.5 Å². The summed E-state index contributed by atoms with van der Waals surface area (Å²) in [5.41, 5.74) is 2.13. The zero-order chi connectivity index (χ0) is 14.1. The van der Waals surface area contributed by atoms with Crippen molar-refractivity contribution in [1.29, 1.82) is 0 Å². The van der Waals surface area contributed by atoms with E-state index in [1.165, 1.54) is 6.07 Å². The average Bonchev–Trinajstić information content (AvgIpc) is 2.91. The second-order valence-electron chi connectivity index (χ2n) is 5.14. The van der Waals surface area contributed by atoms with Crippen LogP contribution in [0.3, 0.4) is 0 Å². The second kappa shape index (κ2) is 5.35. The number of hydrogen-bond donors (Lipinski definition) is 3. The molecule has 0 aliphatic carbocycles. The average molecular weight is 290 g/mol. The van der Waals surface area contributed by atoms with E-state index in [9.17, 15) is 10.2 Å². The molecular formula is C16H16ClNO2. The number of benzene rings is 2. The van der Waals surface area contributed by atoms with Gasteiger partial charge in [0.05, 0.1) is 0 Å². The van der Waals surface area contributed by atoms with Gasteiger partial charge in [0.2, 0.25) is 0 Å². The van der Waals surface area contributed by atoms with Crippen LogP contribution in [0, 0.1) is 0 Å². The molecule has 2 atom stereocenters. The maximum absolute atomic E-state index is 9.68. The minimum Gasteiger partial charge on any atom is -0.504 e. The third kappa shape index (κ3) is 2.35. The van der Waals surface area contributed by atoms with E-state index >= 15 is 0 Å². The zero-order valence-corrected chi connectivity index (χ0v) is 11.6. The highest BCUT2D eigenvalue weighted by Crippen LogP contribution is 2.40. The van der Waals surface area contributed by atoms with Crippen LogP contribution in [0.15, 0.2) is 42.5 Å². The molecule has 20 heavy (non-hydrogen) atoms. The Hall–Kier alpha value is -1.71. The quantitative estimate of drug-likeness (QED) is 0.744. The van der Waals surface area contributed by atoms with Crippen molar-refractivity contribution in [2.75, 3.05) is 13.1 Å². The first-order valence-corrected chi connectivity index (χ1v) is 7.01. The van der Waals surface area contributed by atoms with Gasteiger partial charge in [0.15, 0.2) is 11.5 Å². The van der Waals surface area contributed by atoms with Crippen molar-refractivity contribution in [3.8, 4) is 11.5 Å². The monoisotopic (exact) mass is 289 g/mol. The number of phenols is 2. The first-order valence-electron chi connectivity index (χ1n) is 6.64. The SMILES string of the molecule is Oc1ccc([C@@H]2CNC[C@H]2c2ccccc2Cl)cc1O. The van der Waals surface area contributed by atoms with Crippen LogP contribution in [0.4, 0.5) is 0 Å². The Morgan fingerprint density at radius 2 is 1.70 bits per heavy atom. The molecule has 1 saturated heterocycles. The highest BCUT2D eigenvalue weighted by atomic mass is 35.5. The van der Waals surface area contributed by atoms with Crippen molar-refractivity contribution in [1.82, 2.24) is 5.32 Å². The van der Waals surface area contributed by atoms with Crippen LogP contribution in [0.5, 0.6) is 11.5 Å². The molecule has 1 aliphatic rings. The lowest BCUT2D eigenvalue weighted by molar-refractivity contribution is 0.402. The molecule has 0 amide bonds. The molecule has 0 radical (unpaired) electrons. The molecule has 1 fully saturated rings. The molecule has 104 valence electrons. The van der Waals surface area contributed by atoms with Crippen molar-refractivity contribution in [2.45, 2.75) is 11.8 Å². The molecule has 3 N–H and O–H groups in total. The van der Waals surface area contributed by atoms with Gasteiger partial charge in [-0.1, -0.05) is 35.9 Å². The topological polar surface area (TPSA) is 52.5 Å². The van der Waals surface area contributed by atoms with Gasteiger partial charge in [0.1, 0.15) is 0 Å². The standard InChI is InChI=1S/C16H16ClNO2/c17-14-4-2-1-3-11(14)13-9-18-8-12(13)10-5-6-15(19)16(20)7-10/h1-7,12-13,18-20H,8-9H2/t12-,13-/m0/s1. The smallest absolute Gasteiger partial charge is 0.157 e. The fourth-order valence-corrected chi connectivity index (χ4v) is 3.18. The minimum absolute atomic E-state index is 0.0766. The maximum atomic E-state index is 9.68. The van der Waals surface area contributed by atoms with E-state index in [1.54, 1.807) is 6.07 Å². The number of aromatic hydroxyl groups is 2. The summed E-state index contributed by atoms with van der Waals surface area (Å²) < 4.78 is 0. The van der Waals surface area contributed by atoms with E-state index in [2.05, 4.69) is 5.32 Å². The molecule has 0 aromatic heterocycles. The Kier molecular flexibility index (Phi) is 3.55. The zero-order valence-electron chi connectivity index (χ0n) is 10.9. The van der Waals surface area contributed by atoms with E-state index in [-0.39, 0.29) is 23.3 Å². The third-order valence-corrected chi connectivity index (χ3v) is 4.29. The summed E-state index contributed by atoms with van der Waals surface area (Å²) in [6.07, 6.45) is 0. The van der Waals surface area contributed by atoms with E-state index in [0.29, 0.717) is 0 Å². The predicted octanol–water partition coefficient (Wildman–Crippen LogP) is 3.22. The fourth-order valence-electron chi connectivity index (χ4n) is 2.90. The van der Waals surface area contributed by atoms with Crippen molar-refractivity contribution < 1.29 is 10.2 Å². The summed E-state index contributed by atoms with van der Waals surface area (Å²) in [5, 5.41) is 23.3. The molecule has 1 heterocycles. The summed E-state index contributed by atoms with van der Waals surface area (Å²) in [6, 6.07) is 12.9. The van der Waals surface area contributed by atoms with E-state index in [0.717, 1.165) is 29.2 Å². The van der Waals surface area contributed by atoms with Crippen LogP contribution < -0.4 is 5.32 Å². The molecule has 2 aromatic carbocycles. The molecule has 0 spiro atoms. The maximum Gasteiger partial charge on any atom is 0.157 e. The lowest BCUT2D eigenvalue weighted by Crippen LogP contribution is -2.09. The van der Waals surface area contributed by atoms with Crippen molar-refractivity contribution >= 4 is 11.6 Å². The molecule has 0 bridgehead atoms. The van der Waals surface area contributed by atoms with E-state index in [4.69, 9.17) is 11.6 Å². The molecule has 0 saturated carbocycles. The van der Waals surface area contributed by atoms with Crippen LogP contribution in [0.25, 0.3) is 0 Å². The largest absolute Gasteiger partial charge is 0.504 e. The van der Waals surface area contributed by atoms with Gasteiger partial charge in [-0.15, -0.1) is 0 Å². The first kappa shape index (κ1) is 13.3. The van der Waals surface area contributed by atoms with Crippen LogP contribution >= 0.6 is 11.6 Å². The Bertz CT molecular complexity index is 630. The number of halogens is 1. The highest BCUT2D eigenvalue weighted by Gasteiger charge is 2.31. The van der Waals surface area contributed by atoms with Crippen LogP contribution in [0.1, 0.15) is 23.0 Å². The summed E-state index contributed by atoms with van der Waals surface area (Å²) in [6.45, 7) is 1.69. The van der Waals surface area contributed by atoms with Gasteiger partial charge in [-0.2, -0.15) is 0 Å². The molecule has 0 unspecified atom stereocenters. The van der Waals surface area contributed by atoms with Gasteiger partial charge in [-0.05, 0) is 29.3 Å². The second-order valence-corrected chi connectivity index (χ2v) is 5.55. The Labute approximate surface area is 122 Å². The fraction of sp³-hybridized carbons (Fsp3) is 0.250. The molecule has 3 nitrogen and oxygen atoms in total. The van der Waals surface area contributed by atoms with Crippen LogP contribution in [-0.2, 0) is 0 Å². The van der Waals surface area contributed by atoms with Gasteiger partial charge >= 0.3 is 0 Å². The number of rotatable bonds is 2. The lowest BCUT2D eigenvalue weighted by Gasteiger charge is -2.20. The number of hydrogen-bond acceptors (Lipinski definition) is 3. The van der Waals surface area contributed by atoms with E-state index < -0.39 is 0 Å². The normalized spacial score (nSPS) is 22.1. The third-order valence-electron chi connectivity index (χ3n) is 3.95. The van der Waals surface area contributed by atoms with Gasteiger partial charge in [-0.3, -0.25) is 0 Å². The summed E-state index contributed by atoms with van der Waals surface area (Å²) in [7, 11) is 0. The molecule has 4 heteroatoms. The highest BCUT2D eigenvalue weighted by molar-refractivity contribution is 6.31. The van der Waals surface area contributed by atoms with Gasteiger partial charge in [0.25, 0.3) is 0 Å². The Morgan fingerprint density at radius 3 is 2.45 bits per heavy atom. The summed E-state index contributed by atoms with van der Waals surface area (Å²) in [4.78, 5) is 0. The first-order chi connectivity index (χ1) is 9.66. The van der Waals surface area contributed by atoms with E-state index in [1.807, 2.05) is 30.3 Å². The van der Waals surface area contributed by atoms with Gasteiger partial charge in [-0.25, -0.2) is 0 Å².